The van der Waals surface area contributed by atoms with E-state index in [9.17, 15) is 14.0 Å². The number of carboxylic acids is 1. The minimum Gasteiger partial charge on any atom is -0.479 e. The third-order valence-electron chi connectivity index (χ3n) is 2.02. The van der Waals surface area contributed by atoms with Crippen molar-refractivity contribution in [1.82, 2.24) is 5.32 Å². The van der Waals surface area contributed by atoms with Crippen LogP contribution in [0.2, 0.25) is 0 Å². The second kappa shape index (κ2) is 6.39. The molecule has 2 N–H and O–H groups in total. The van der Waals surface area contributed by atoms with Gasteiger partial charge in [-0.1, -0.05) is 24.8 Å². The quantitative estimate of drug-likeness (QED) is 0.785. The predicted molar refractivity (Wildman–Crippen MR) is 61.5 cm³/mol. The van der Waals surface area contributed by atoms with Crippen LogP contribution in [0.15, 0.2) is 36.9 Å². The van der Waals surface area contributed by atoms with E-state index in [4.69, 9.17) is 5.11 Å². The molecule has 0 saturated carbocycles. The van der Waals surface area contributed by atoms with Crippen molar-refractivity contribution in [3.8, 4) is 0 Å². The van der Waals surface area contributed by atoms with E-state index >= 15 is 0 Å². The second-order valence-corrected chi connectivity index (χ2v) is 3.36. The van der Waals surface area contributed by atoms with Crippen LogP contribution in [-0.4, -0.2) is 23.8 Å². The molecule has 0 saturated heterocycles. The van der Waals surface area contributed by atoms with E-state index in [1.54, 1.807) is 0 Å². The Morgan fingerprint density at radius 2 is 2.28 bits per heavy atom. The molecular weight excluding hydrogens is 241 g/mol. The highest BCUT2D eigenvalue weighted by atomic mass is 19.1. The summed E-state index contributed by atoms with van der Waals surface area (Å²) in [7, 11) is 0. The van der Waals surface area contributed by atoms with Crippen LogP contribution in [0, 0.1) is 5.82 Å². The van der Waals surface area contributed by atoms with Crippen molar-refractivity contribution in [2.75, 3.05) is 6.61 Å². The van der Waals surface area contributed by atoms with Gasteiger partial charge in [-0.2, -0.15) is 0 Å². The second-order valence-electron chi connectivity index (χ2n) is 3.36. The molecule has 0 fully saturated rings. The first-order valence-electron chi connectivity index (χ1n) is 5.07. The lowest BCUT2D eigenvalue weighted by atomic mass is 10.1. The van der Waals surface area contributed by atoms with Crippen LogP contribution < -0.4 is 5.32 Å². The van der Waals surface area contributed by atoms with Gasteiger partial charge in [0.1, 0.15) is 12.4 Å². The standard InChI is InChI=1S/C12H12FNO4/c1-2-6-18-12(17)14-10(11(15)16)8-4-3-5-9(13)7-8/h2-5,7,10H,1,6H2,(H,14,17)(H,15,16). The Morgan fingerprint density at radius 3 is 2.83 bits per heavy atom. The van der Waals surface area contributed by atoms with E-state index in [0.29, 0.717) is 0 Å². The molecule has 0 spiro atoms. The van der Waals surface area contributed by atoms with Gasteiger partial charge >= 0.3 is 12.1 Å². The van der Waals surface area contributed by atoms with Gasteiger partial charge in [0.2, 0.25) is 0 Å². The number of carbonyl (C=O) groups excluding carboxylic acids is 1. The molecule has 96 valence electrons. The Hall–Kier alpha value is -2.37. The van der Waals surface area contributed by atoms with Gasteiger partial charge in [-0.3, -0.25) is 0 Å². The third-order valence-corrected chi connectivity index (χ3v) is 2.02. The van der Waals surface area contributed by atoms with E-state index in [1.807, 2.05) is 0 Å². The summed E-state index contributed by atoms with van der Waals surface area (Å²) >= 11 is 0. The maximum absolute atomic E-state index is 13.0. The zero-order valence-electron chi connectivity index (χ0n) is 9.43. The first-order chi connectivity index (χ1) is 8.54. The molecule has 0 bridgehead atoms. The molecule has 1 aromatic carbocycles. The molecule has 0 aromatic heterocycles. The minimum atomic E-state index is -1.36. The number of halogens is 1. The summed E-state index contributed by atoms with van der Waals surface area (Å²) in [5, 5.41) is 11.1. The molecule has 18 heavy (non-hydrogen) atoms. The van der Waals surface area contributed by atoms with Crippen molar-refractivity contribution >= 4 is 12.1 Å². The van der Waals surface area contributed by atoms with Crippen molar-refractivity contribution in [2.24, 2.45) is 0 Å². The van der Waals surface area contributed by atoms with Crippen LogP contribution >= 0.6 is 0 Å². The average molecular weight is 253 g/mol. The Bertz CT molecular complexity index is 461. The molecule has 1 rings (SSSR count). The van der Waals surface area contributed by atoms with Gasteiger partial charge in [0.15, 0.2) is 6.04 Å². The van der Waals surface area contributed by atoms with Gasteiger partial charge in [0.25, 0.3) is 0 Å². The summed E-state index contributed by atoms with van der Waals surface area (Å²) in [6.07, 6.45) is 0.434. The number of ether oxygens (including phenoxy) is 1. The van der Waals surface area contributed by atoms with Gasteiger partial charge in [-0.25, -0.2) is 14.0 Å². The molecule has 0 aliphatic carbocycles. The van der Waals surface area contributed by atoms with E-state index in [0.717, 1.165) is 6.07 Å². The molecule has 0 radical (unpaired) electrons. The predicted octanol–water partition coefficient (Wildman–Crippen LogP) is 1.86. The number of rotatable bonds is 5. The Balaban J connectivity index is 2.80. The summed E-state index contributed by atoms with van der Waals surface area (Å²) in [6, 6.07) is 3.61. The average Bonchev–Trinajstić information content (AvgIpc) is 2.33. The maximum Gasteiger partial charge on any atom is 0.408 e. The number of hydrogen-bond donors (Lipinski definition) is 2. The lowest BCUT2D eigenvalue weighted by Crippen LogP contribution is -2.34. The highest BCUT2D eigenvalue weighted by Crippen LogP contribution is 2.14. The summed E-state index contributed by atoms with van der Waals surface area (Å²) in [5.74, 6) is -1.89. The zero-order chi connectivity index (χ0) is 13.5. The Labute approximate surface area is 103 Å². The number of amides is 1. The number of carboxylic acid groups (broad SMARTS) is 1. The number of alkyl carbamates (subject to hydrolysis) is 1. The van der Waals surface area contributed by atoms with E-state index in [1.165, 1.54) is 24.3 Å². The third kappa shape index (κ3) is 3.89. The van der Waals surface area contributed by atoms with Crippen LogP contribution in [0.1, 0.15) is 11.6 Å². The number of hydrogen-bond acceptors (Lipinski definition) is 3. The Kier molecular flexibility index (Phi) is 4.86. The van der Waals surface area contributed by atoms with Gasteiger partial charge in [0, 0.05) is 0 Å². The topological polar surface area (TPSA) is 75.6 Å². The van der Waals surface area contributed by atoms with Crippen molar-refractivity contribution in [2.45, 2.75) is 6.04 Å². The molecule has 1 aromatic rings. The Morgan fingerprint density at radius 1 is 1.56 bits per heavy atom. The number of aliphatic carboxylic acids is 1. The molecule has 0 aliphatic heterocycles. The minimum absolute atomic E-state index is 0.0404. The molecule has 0 aliphatic rings. The first kappa shape index (κ1) is 13.7. The van der Waals surface area contributed by atoms with Gasteiger partial charge in [0.05, 0.1) is 0 Å². The SMILES string of the molecule is C=CCOC(=O)NC(C(=O)O)c1cccc(F)c1. The highest BCUT2D eigenvalue weighted by Gasteiger charge is 2.22. The van der Waals surface area contributed by atoms with Crippen LogP contribution in [0.4, 0.5) is 9.18 Å². The van der Waals surface area contributed by atoms with E-state index in [-0.39, 0.29) is 12.2 Å². The highest BCUT2D eigenvalue weighted by molar-refractivity contribution is 5.81. The monoisotopic (exact) mass is 253 g/mol. The summed E-state index contributed by atoms with van der Waals surface area (Å²) in [6.45, 7) is 3.31. The van der Waals surface area contributed by atoms with Crippen molar-refractivity contribution < 1.29 is 23.8 Å². The molecule has 6 heteroatoms. The zero-order valence-corrected chi connectivity index (χ0v) is 9.43. The van der Waals surface area contributed by atoms with Crippen LogP contribution in [-0.2, 0) is 9.53 Å². The van der Waals surface area contributed by atoms with Gasteiger partial charge in [-0.15, -0.1) is 0 Å². The van der Waals surface area contributed by atoms with Crippen LogP contribution in [0.3, 0.4) is 0 Å². The largest absolute Gasteiger partial charge is 0.479 e. The van der Waals surface area contributed by atoms with Crippen molar-refractivity contribution in [1.29, 1.82) is 0 Å². The van der Waals surface area contributed by atoms with Crippen LogP contribution in [0.5, 0.6) is 0 Å². The molecule has 5 nitrogen and oxygen atoms in total. The number of benzene rings is 1. The molecule has 1 amide bonds. The van der Waals surface area contributed by atoms with Gasteiger partial charge < -0.3 is 15.2 Å². The number of carbonyl (C=O) groups is 2. The number of nitrogens with one attached hydrogen (secondary N) is 1. The molecule has 1 atom stereocenters. The van der Waals surface area contributed by atoms with E-state index in [2.05, 4.69) is 16.6 Å². The van der Waals surface area contributed by atoms with Crippen LogP contribution in [0.25, 0.3) is 0 Å². The molecule has 1 unspecified atom stereocenters. The summed E-state index contributed by atoms with van der Waals surface area (Å²) in [4.78, 5) is 22.2. The fraction of sp³-hybridized carbons (Fsp3) is 0.167. The summed E-state index contributed by atoms with van der Waals surface area (Å²) in [5.41, 5.74) is 0.123. The first-order valence-corrected chi connectivity index (χ1v) is 5.07. The normalized spacial score (nSPS) is 11.4. The smallest absolute Gasteiger partial charge is 0.408 e. The fourth-order valence-electron chi connectivity index (χ4n) is 1.27. The van der Waals surface area contributed by atoms with Crippen molar-refractivity contribution in [3.05, 3.63) is 48.3 Å². The lowest BCUT2D eigenvalue weighted by Gasteiger charge is -2.14. The van der Waals surface area contributed by atoms with E-state index < -0.39 is 23.9 Å². The fourth-order valence-corrected chi connectivity index (χ4v) is 1.27. The maximum atomic E-state index is 13.0. The van der Waals surface area contributed by atoms with Crippen molar-refractivity contribution in [3.63, 3.8) is 0 Å². The summed E-state index contributed by atoms with van der Waals surface area (Å²) < 4.78 is 17.6. The molecular formula is C12H12FNO4. The lowest BCUT2D eigenvalue weighted by molar-refractivity contribution is -0.139. The van der Waals surface area contributed by atoms with Gasteiger partial charge in [-0.05, 0) is 17.7 Å². The molecule has 0 heterocycles.